The zero-order valence-corrected chi connectivity index (χ0v) is 22.7. The third-order valence-corrected chi connectivity index (χ3v) is 7.40. The minimum atomic E-state index is -0.781. The van der Waals surface area contributed by atoms with E-state index < -0.39 is 23.7 Å². The molecule has 39 heavy (non-hydrogen) atoms. The Bertz CT molecular complexity index is 1480. The van der Waals surface area contributed by atoms with Crippen LogP contribution >= 0.6 is 23.2 Å². The largest absolute Gasteiger partial charge is 0.481 e. The number of nitrogens with zero attached hydrogens (tertiary/aromatic N) is 5. The number of hydrogen-bond acceptors (Lipinski definition) is 6. The Morgan fingerprint density at radius 3 is 2.62 bits per heavy atom. The maximum atomic E-state index is 15.3. The third kappa shape index (κ3) is 5.16. The van der Waals surface area contributed by atoms with Crippen molar-refractivity contribution in [2.24, 2.45) is 0 Å². The summed E-state index contributed by atoms with van der Waals surface area (Å²) in [6, 6.07) is 6.49. The summed E-state index contributed by atoms with van der Waals surface area (Å²) in [6.45, 7) is 2.69. The molecule has 13 heteroatoms. The molecule has 0 bridgehead atoms. The van der Waals surface area contributed by atoms with Gasteiger partial charge in [-0.15, -0.1) is 0 Å². The molecule has 1 atom stereocenters. The zero-order chi connectivity index (χ0) is 27.8. The number of imidazole rings is 1. The quantitative estimate of drug-likeness (QED) is 0.469. The van der Waals surface area contributed by atoms with Crippen molar-refractivity contribution in [1.82, 2.24) is 29.7 Å². The van der Waals surface area contributed by atoms with Crippen molar-refractivity contribution in [3.8, 4) is 5.75 Å². The third-order valence-electron chi connectivity index (χ3n) is 6.90. The first kappa shape index (κ1) is 26.9. The number of hydrogen-bond donors (Lipinski definition) is 1. The molecule has 1 N–H and O–H groups in total. The summed E-state index contributed by atoms with van der Waals surface area (Å²) in [4.78, 5) is 49.4. The van der Waals surface area contributed by atoms with Crippen LogP contribution in [0.25, 0.3) is 0 Å². The molecule has 0 fully saturated rings. The van der Waals surface area contributed by atoms with Crippen LogP contribution in [0.1, 0.15) is 46.2 Å². The van der Waals surface area contributed by atoms with E-state index >= 15 is 4.39 Å². The van der Waals surface area contributed by atoms with Gasteiger partial charge >= 0.3 is 0 Å². The van der Waals surface area contributed by atoms with Gasteiger partial charge in [-0.1, -0.05) is 29.3 Å². The summed E-state index contributed by atoms with van der Waals surface area (Å²) in [5, 5.41) is 2.63. The zero-order valence-electron chi connectivity index (χ0n) is 21.2. The molecule has 1 aromatic carbocycles. The molecule has 5 rings (SSSR count). The predicted molar refractivity (Wildman–Crippen MR) is 140 cm³/mol. The Hall–Kier alpha value is -3.70. The first-order valence-electron chi connectivity index (χ1n) is 12.3. The lowest BCUT2D eigenvalue weighted by Gasteiger charge is -2.37. The van der Waals surface area contributed by atoms with Crippen LogP contribution in [0.5, 0.6) is 5.75 Å². The fourth-order valence-corrected chi connectivity index (χ4v) is 5.35. The molecular formula is C26H25Cl2FN6O4. The summed E-state index contributed by atoms with van der Waals surface area (Å²) < 4.78 is 23.0. The van der Waals surface area contributed by atoms with Gasteiger partial charge < -0.3 is 24.4 Å². The van der Waals surface area contributed by atoms with Gasteiger partial charge in [-0.2, -0.15) is 0 Å². The monoisotopic (exact) mass is 574 g/mol. The molecule has 2 aliphatic rings. The van der Waals surface area contributed by atoms with Crippen LogP contribution in [0.2, 0.25) is 10.2 Å². The molecular weight excluding hydrogens is 550 g/mol. The minimum Gasteiger partial charge on any atom is -0.481 e. The number of rotatable bonds is 5. The van der Waals surface area contributed by atoms with Crippen LogP contribution in [0.3, 0.4) is 0 Å². The van der Waals surface area contributed by atoms with Gasteiger partial charge in [-0.05, 0) is 24.3 Å². The van der Waals surface area contributed by atoms with Crippen molar-refractivity contribution in [3.63, 3.8) is 0 Å². The Labute approximate surface area is 233 Å². The van der Waals surface area contributed by atoms with Gasteiger partial charge in [0.15, 0.2) is 17.5 Å². The van der Waals surface area contributed by atoms with Crippen molar-refractivity contribution in [2.45, 2.75) is 32.5 Å². The average Bonchev–Trinajstić information content (AvgIpc) is 3.29. The van der Waals surface area contributed by atoms with E-state index in [4.69, 9.17) is 32.9 Å². The van der Waals surface area contributed by atoms with Crippen LogP contribution in [0.15, 0.2) is 30.3 Å². The van der Waals surface area contributed by atoms with Crippen molar-refractivity contribution < 1.29 is 23.5 Å². The number of pyridine rings is 1. The Kier molecular flexibility index (Phi) is 7.46. The standard InChI is InChI=1S/C26H25Cl2FN6O4/c1-14(36)33-9-10-34-21(12-33)31-18-7-8-35(23(24(18)34)16-4-3-15(27)11-17(16)29)22(37)13-39-20-6-5-19(26(38)30-2)32-25(20)28/h3-6,11,23H,7-10,12-13H2,1-2H3,(H,30,38). The molecule has 0 saturated heterocycles. The summed E-state index contributed by atoms with van der Waals surface area (Å²) in [6.07, 6.45) is 0.454. The SMILES string of the molecule is CNC(=O)c1ccc(OCC(=O)N2CCc3nc4n(c3C2c2ccc(Cl)cc2F)CCN(C(C)=O)C4)c(Cl)n1. The molecule has 3 aromatic rings. The number of aromatic nitrogens is 3. The van der Waals surface area contributed by atoms with E-state index in [0.717, 1.165) is 5.69 Å². The van der Waals surface area contributed by atoms with Crippen LogP contribution < -0.4 is 10.1 Å². The maximum Gasteiger partial charge on any atom is 0.269 e. The average molecular weight is 575 g/mol. The van der Waals surface area contributed by atoms with Crippen molar-refractivity contribution in [1.29, 1.82) is 0 Å². The summed E-state index contributed by atoms with van der Waals surface area (Å²) in [5.41, 5.74) is 1.86. The Morgan fingerprint density at radius 2 is 1.92 bits per heavy atom. The van der Waals surface area contributed by atoms with Gasteiger partial charge in [0.25, 0.3) is 11.8 Å². The summed E-state index contributed by atoms with van der Waals surface area (Å²) in [5.74, 6) is -0.577. The predicted octanol–water partition coefficient (Wildman–Crippen LogP) is 3.00. The fraction of sp³-hybridized carbons (Fsp3) is 0.346. The highest BCUT2D eigenvalue weighted by molar-refractivity contribution is 6.31. The van der Waals surface area contributed by atoms with E-state index in [1.54, 1.807) is 21.9 Å². The molecule has 0 radical (unpaired) electrons. The number of amides is 3. The highest BCUT2D eigenvalue weighted by Gasteiger charge is 2.39. The van der Waals surface area contributed by atoms with Gasteiger partial charge in [-0.3, -0.25) is 14.4 Å². The Balaban J connectivity index is 1.46. The minimum absolute atomic E-state index is 0.0482. The lowest BCUT2D eigenvalue weighted by Crippen LogP contribution is -2.45. The first-order chi connectivity index (χ1) is 18.7. The number of nitrogens with one attached hydrogen (secondary N) is 1. The number of carbonyl (C=O) groups is 3. The van der Waals surface area contributed by atoms with Crippen molar-refractivity contribution in [2.75, 3.05) is 26.7 Å². The van der Waals surface area contributed by atoms with Crippen LogP contribution in [-0.2, 0) is 29.1 Å². The van der Waals surface area contributed by atoms with Gasteiger partial charge in [0.1, 0.15) is 23.4 Å². The second-order valence-corrected chi connectivity index (χ2v) is 10.0. The number of halogens is 3. The first-order valence-corrected chi connectivity index (χ1v) is 13.0. The summed E-state index contributed by atoms with van der Waals surface area (Å²) >= 11 is 12.2. The molecule has 4 heterocycles. The molecule has 0 saturated carbocycles. The second kappa shape index (κ2) is 10.8. The van der Waals surface area contributed by atoms with E-state index in [1.807, 2.05) is 4.57 Å². The van der Waals surface area contributed by atoms with Gasteiger partial charge in [0.2, 0.25) is 5.91 Å². The number of benzene rings is 1. The van der Waals surface area contributed by atoms with Crippen LogP contribution in [0.4, 0.5) is 4.39 Å². The maximum absolute atomic E-state index is 15.3. The molecule has 10 nitrogen and oxygen atoms in total. The lowest BCUT2D eigenvalue weighted by molar-refractivity contribution is -0.135. The fourth-order valence-electron chi connectivity index (χ4n) is 4.98. The molecule has 2 aromatic heterocycles. The van der Waals surface area contributed by atoms with Crippen molar-refractivity contribution >= 4 is 40.9 Å². The molecule has 0 aliphatic carbocycles. The van der Waals surface area contributed by atoms with Gasteiger partial charge in [0.05, 0.1) is 17.9 Å². The van der Waals surface area contributed by atoms with E-state index in [2.05, 4.69) is 10.3 Å². The topological polar surface area (TPSA) is 110 Å². The smallest absolute Gasteiger partial charge is 0.269 e. The van der Waals surface area contributed by atoms with E-state index in [9.17, 15) is 14.4 Å². The van der Waals surface area contributed by atoms with E-state index in [0.29, 0.717) is 37.6 Å². The van der Waals surface area contributed by atoms with E-state index in [1.165, 1.54) is 32.2 Å². The highest BCUT2D eigenvalue weighted by atomic mass is 35.5. The van der Waals surface area contributed by atoms with E-state index in [-0.39, 0.29) is 46.2 Å². The highest BCUT2D eigenvalue weighted by Crippen LogP contribution is 2.38. The summed E-state index contributed by atoms with van der Waals surface area (Å²) in [7, 11) is 1.47. The Morgan fingerprint density at radius 1 is 1.13 bits per heavy atom. The normalized spacial score (nSPS) is 16.4. The number of carbonyl (C=O) groups excluding carboxylic acids is 3. The van der Waals surface area contributed by atoms with Crippen LogP contribution in [0, 0.1) is 5.82 Å². The second-order valence-electron chi connectivity index (χ2n) is 9.21. The molecule has 0 spiro atoms. The molecule has 3 amide bonds. The molecule has 204 valence electrons. The molecule has 2 aliphatic heterocycles. The molecule has 1 unspecified atom stereocenters. The lowest BCUT2D eigenvalue weighted by atomic mass is 9.94. The van der Waals surface area contributed by atoms with Crippen LogP contribution in [-0.4, -0.2) is 68.8 Å². The number of ether oxygens (including phenoxy) is 1. The number of fused-ring (bicyclic) bond motifs is 3. The van der Waals surface area contributed by atoms with Crippen molar-refractivity contribution in [3.05, 3.63) is 74.8 Å². The van der Waals surface area contributed by atoms with Gasteiger partial charge in [-0.25, -0.2) is 14.4 Å². The van der Waals surface area contributed by atoms with Gasteiger partial charge in [0, 0.05) is 50.6 Å².